The van der Waals surface area contributed by atoms with Crippen LogP contribution in [0, 0.1) is 0 Å². The number of carbonyl (C=O) groups excluding carboxylic acids is 1. The van der Waals surface area contributed by atoms with E-state index in [0.29, 0.717) is 17.1 Å². The lowest BCUT2D eigenvalue weighted by Gasteiger charge is -2.17. The molecular formula is C12H15NO4. The number of amides is 1. The average Bonchev–Trinajstić information content (AvgIpc) is 2.68. The lowest BCUT2D eigenvalue weighted by Crippen LogP contribution is -2.22. The molecule has 1 fully saturated rings. The minimum Gasteiger partial charge on any atom is -0.496 e. The van der Waals surface area contributed by atoms with Gasteiger partial charge in [-0.2, -0.15) is 0 Å². The highest BCUT2D eigenvalue weighted by molar-refractivity contribution is 5.82. The summed E-state index contributed by atoms with van der Waals surface area (Å²) in [5.74, 6) is 1.12. The van der Waals surface area contributed by atoms with Crippen molar-refractivity contribution in [2.24, 2.45) is 0 Å². The lowest BCUT2D eigenvalue weighted by molar-refractivity contribution is -0.122. The largest absolute Gasteiger partial charge is 0.496 e. The van der Waals surface area contributed by atoms with E-state index >= 15 is 0 Å². The first kappa shape index (κ1) is 11.7. The van der Waals surface area contributed by atoms with Crippen molar-refractivity contribution in [3.05, 3.63) is 23.8 Å². The van der Waals surface area contributed by atoms with Gasteiger partial charge >= 0.3 is 0 Å². The van der Waals surface area contributed by atoms with E-state index in [1.807, 2.05) is 6.07 Å². The molecule has 17 heavy (non-hydrogen) atoms. The van der Waals surface area contributed by atoms with Crippen LogP contribution in [0.3, 0.4) is 0 Å². The minimum atomic E-state index is -0.524. The SMILES string of the molecule is COc1cccc(OC)c1[C@H]1NC(=O)[C@H](C)O1. The van der Waals surface area contributed by atoms with Crippen molar-refractivity contribution in [3.8, 4) is 11.5 Å². The molecule has 1 heterocycles. The van der Waals surface area contributed by atoms with Gasteiger partial charge in [-0.1, -0.05) is 6.07 Å². The molecule has 1 aliphatic rings. The zero-order chi connectivity index (χ0) is 12.4. The summed E-state index contributed by atoms with van der Waals surface area (Å²) in [6, 6.07) is 5.42. The van der Waals surface area contributed by atoms with Gasteiger partial charge < -0.3 is 19.5 Å². The zero-order valence-electron chi connectivity index (χ0n) is 10.0. The van der Waals surface area contributed by atoms with Crippen LogP contribution in [0.15, 0.2) is 18.2 Å². The molecule has 2 atom stereocenters. The summed E-state index contributed by atoms with van der Waals surface area (Å²) in [5, 5.41) is 2.75. The van der Waals surface area contributed by atoms with E-state index in [1.54, 1.807) is 33.3 Å². The van der Waals surface area contributed by atoms with Gasteiger partial charge in [-0.25, -0.2) is 0 Å². The molecule has 0 unspecified atom stereocenters. The fourth-order valence-electron chi connectivity index (χ4n) is 1.83. The standard InChI is InChI=1S/C12H15NO4/c1-7-11(14)13-12(17-7)10-8(15-2)5-4-6-9(10)16-3/h4-7,12H,1-3H3,(H,13,14)/t7-,12-/m0/s1. The molecule has 0 radical (unpaired) electrons. The number of hydrogen-bond donors (Lipinski definition) is 1. The molecule has 1 aromatic rings. The van der Waals surface area contributed by atoms with Crippen LogP contribution in [-0.4, -0.2) is 26.2 Å². The number of ether oxygens (including phenoxy) is 3. The number of carbonyl (C=O) groups is 1. The van der Waals surface area contributed by atoms with Crippen molar-refractivity contribution in [1.29, 1.82) is 0 Å². The highest BCUT2D eigenvalue weighted by Crippen LogP contribution is 2.36. The second-order valence-corrected chi connectivity index (χ2v) is 3.74. The minimum absolute atomic E-state index is 0.136. The third kappa shape index (κ3) is 2.06. The molecule has 1 saturated heterocycles. The number of rotatable bonds is 3. The number of benzene rings is 1. The third-order valence-electron chi connectivity index (χ3n) is 2.71. The highest BCUT2D eigenvalue weighted by Gasteiger charge is 2.33. The van der Waals surface area contributed by atoms with Crippen LogP contribution in [0.2, 0.25) is 0 Å². The Morgan fingerprint density at radius 3 is 2.24 bits per heavy atom. The van der Waals surface area contributed by atoms with E-state index in [2.05, 4.69) is 5.32 Å². The third-order valence-corrected chi connectivity index (χ3v) is 2.71. The number of hydrogen-bond acceptors (Lipinski definition) is 4. The summed E-state index contributed by atoms with van der Waals surface area (Å²) in [4.78, 5) is 11.4. The van der Waals surface area contributed by atoms with Gasteiger partial charge in [-0.15, -0.1) is 0 Å². The Kier molecular flexibility index (Phi) is 3.19. The van der Waals surface area contributed by atoms with Gasteiger partial charge in [-0.05, 0) is 19.1 Å². The van der Waals surface area contributed by atoms with Crippen molar-refractivity contribution in [1.82, 2.24) is 5.32 Å². The van der Waals surface area contributed by atoms with Crippen molar-refractivity contribution >= 4 is 5.91 Å². The molecular weight excluding hydrogens is 222 g/mol. The number of methoxy groups -OCH3 is 2. The smallest absolute Gasteiger partial charge is 0.251 e. The Balaban J connectivity index is 2.40. The van der Waals surface area contributed by atoms with Gasteiger partial charge in [0.1, 0.15) is 17.6 Å². The van der Waals surface area contributed by atoms with Crippen LogP contribution >= 0.6 is 0 Å². The molecule has 0 saturated carbocycles. The van der Waals surface area contributed by atoms with Crippen LogP contribution in [-0.2, 0) is 9.53 Å². The maximum absolute atomic E-state index is 11.4. The molecule has 1 amide bonds. The summed E-state index contributed by atoms with van der Waals surface area (Å²) < 4.78 is 16.0. The van der Waals surface area contributed by atoms with Gasteiger partial charge in [0.2, 0.25) is 0 Å². The Hall–Kier alpha value is -1.75. The second kappa shape index (κ2) is 4.63. The fourth-order valence-corrected chi connectivity index (χ4v) is 1.83. The predicted molar refractivity (Wildman–Crippen MR) is 61.0 cm³/mol. The number of nitrogens with one attached hydrogen (secondary N) is 1. The molecule has 92 valence electrons. The molecule has 5 nitrogen and oxygen atoms in total. The van der Waals surface area contributed by atoms with Crippen LogP contribution in [0.25, 0.3) is 0 Å². The summed E-state index contributed by atoms with van der Waals surface area (Å²) in [5.41, 5.74) is 0.704. The molecule has 1 N–H and O–H groups in total. The molecule has 0 spiro atoms. The monoisotopic (exact) mass is 237 g/mol. The first-order chi connectivity index (χ1) is 8.17. The maximum atomic E-state index is 11.4. The molecule has 0 bridgehead atoms. The molecule has 1 aromatic carbocycles. The Morgan fingerprint density at radius 1 is 1.24 bits per heavy atom. The Labute approximate surface area is 99.7 Å². The quantitative estimate of drug-likeness (QED) is 0.859. The van der Waals surface area contributed by atoms with Gasteiger partial charge in [0.15, 0.2) is 6.23 Å². The van der Waals surface area contributed by atoms with Gasteiger partial charge in [0, 0.05) is 0 Å². The van der Waals surface area contributed by atoms with E-state index in [-0.39, 0.29) is 5.91 Å². The van der Waals surface area contributed by atoms with Crippen LogP contribution < -0.4 is 14.8 Å². The average molecular weight is 237 g/mol. The molecule has 5 heteroatoms. The predicted octanol–water partition coefficient (Wildman–Crippen LogP) is 1.24. The topological polar surface area (TPSA) is 56.8 Å². The first-order valence-corrected chi connectivity index (χ1v) is 5.34. The normalized spacial score (nSPS) is 23.4. The van der Waals surface area contributed by atoms with Crippen molar-refractivity contribution in [2.75, 3.05) is 14.2 Å². The second-order valence-electron chi connectivity index (χ2n) is 3.74. The first-order valence-electron chi connectivity index (χ1n) is 5.34. The van der Waals surface area contributed by atoms with Crippen LogP contribution in [0.5, 0.6) is 11.5 Å². The van der Waals surface area contributed by atoms with Gasteiger partial charge in [0.05, 0.1) is 19.8 Å². The summed E-state index contributed by atoms with van der Waals surface area (Å²) >= 11 is 0. The zero-order valence-corrected chi connectivity index (χ0v) is 10.0. The Morgan fingerprint density at radius 2 is 1.82 bits per heavy atom. The Bertz CT molecular complexity index is 410. The summed E-state index contributed by atoms with van der Waals surface area (Å²) in [7, 11) is 3.14. The van der Waals surface area contributed by atoms with Gasteiger partial charge in [0.25, 0.3) is 5.91 Å². The van der Waals surface area contributed by atoms with Crippen molar-refractivity contribution < 1.29 is 19.0 Å². The molecule has 1 aliphatic heterocycles. The molecule has 2 rings (SSSR count). The van der Waals surface area contributed by atoms with E-state index in [9.17, 15) is 4.79 Å². The van der Waals surface area contributed by atoms with E-state index < -0.39 is 12.3 Å². The van der Waals surface area contributed by atoms with E-state index in [4.69, 9.17) is 14.2 Å². The summed E-state index contributed by atoms with van der Waals surface area (Å²) in [6.45, 7) is 1.71. The van der Waals surface area contributed by atoms with Crippen LogP contribution in [0.1, 0.15) is 18.7 Å². The van der Waals surface area contributed by atoms with Crippen molar-refractivity contribution in [2.45, 2.75) is 19.3 Å². The van der Waals surface area contributed by atoms with Crippen molar-refractivity contribution in [3.63, 3.8) is 0 Å². The molecule has 0 aliphatic carbocycles. The van der Waals surface area contributed by atoms with E-state index in [1.165, 1.54) is 0 Å². The summed E-state index contributed by atoms with van der Waals surface area (Å²) in [6.07, 6.45) is -0.988. The molecule has 0 aromatic heterocycles. The van der Waals surface area contributed by atoms with Crippen LogP contribution in [0.4, 0.5) is 0 Å². The van der Waals surface area contributed by atoms with E-state index in [0.717, 1.165) is 0 Å². The fraction of sp³-hybridized carbons (Fsp3) is 0.417. The maximum Gasteiger partial charge on any atom is 0.251 e. The highest BCUT2D eigenvalue weighted by atomic mass is 16.5. The van der Waals surface area contributed by atoms with Gasteiger partial charge in [-0.3, -0.25) is 4.79 Å². The lowest BCUT2D eigenvalue weighted by atomic mass is 10.1.